The summed E-state index contributed by atoms with van der Waals surface area (Å²) in [5, 5.41) is 1.24. The van der Waals surface area contributed by atoms with Gasteiger partial charge in [-0.25, -0.2) is 8.42 Å². The summed E-state index contributed by atoms with van der Waals surface area (Å²) in [5.41, 5.74) is 3.79. The van der Waals surface area contributed by atoms with Crippen LogP contribution >= 0.6 is 0 Å². The minimum absolute atomic E-state index is 0.0105. The van der Waals surface area contributed by atoms with Crippen molar-refractivity contribution in [2.24, 2.45) is 4.99 Å². The summed E-state index contributed by atoms with van der Waals surface area (Å²) in [4.78, 5) is 8.11. The summed E-state index contributed by atoms with van der Waals surface area (Å²) < 4.78 is 40.4. The third kappa shape index (κ3) is 3.61. The molecule has 3 aliphatic heterocycles. The number of aromatic amines is 1. The predicted molar refractivity (Wildman–Crippen MR) is 126 cm³/mol. The van der Waals surface area contributed by atoms with Crippen molar-refractivity contribution in [2.75, 3.05) is 19.7 Å². The molecule has 1 N–H and O–H groups in total. The van der Waals surface area contributed by atoms with E-state index < -0.39 is 15.8 Å². The standard InChI is InChI=1S/C25H27N3O4S/c29-33(30,28-12-3-4-13-28)20-9-10-24-22(15-20)25(17-27-24)31-14-11-19(32-25)8-7-18-16-26-23-6-2-1-5-21(18)23/h1-2,5-6,9-10,15-17,19,26H,3-4,7-8,11-14H2/t19?,25-/m0/s1. The van der Waals surface area contributed by atoms with Crippen LogP contribution in [0.25, 0.3) is 10.9 Å². The van der Waals surface area contributed by atoms with Gasteiger partial charge in [0, 0.05) is 35.8 Å². The fraction of sp³-hybridized carbons (Fsp3) is 0.400. The Labute approximate surface area is 193 Å². The Hall–Kier alpha value is -2.52. The van der Waals surface area contributed by atoms with Crippen molar-refractivity contribution in [3.8, 4) is 0 Å². The zero-order chi connectivity index (χ0) is 22.5. The summed E-state index contributed by atoms with van der Waals surface area (Å²) in [7, 11) is -3.53. The van der Waals surface area contributed by atoms with Gasteiger partial charge in [0.1, 0.15) is 0 Å². The van der Waals surface area contributed by atoms with Crippen LogP contribution in [-0.4, -0.2) is 49.7 Å². The van der Waals surface area contributed by atoms with Gasteiger partial charge >= 0.3 is 0 Å². The number of hydrogen-bond donors (Lipinski definition) is 1. The normalized spacial score (nSPS) is 25.3. The second-order valence-corrected chi connectivity index (χ2v) is 10.9. The van der Waals surface area contributed by atoms with Crippen LogP contribution < -0.4 is 0 Å². The number of fused-ring (bicyclic) bond motifs is 3. The molecular weight excluding hydrogens is 438 g/mol. The van der Waals surface area contributed by atoms with Crippen molar-refractivity contribution < 1.29 is 17.9 Å². The van der Waals surface area contributed by atoms with Crippen molar-refractivity contribution in [3.63, 3.8) is 0 Å². The molecule has 0 amide bonds. The first-order valence-electron chi connectivity index (χ1n) is 11.6. The number of H-pyrrole nitrogens is 1. The van der Waals surface area contributed by atoms with E-state index in [-0.39, 0.29) is 11.0 Å². The molecule has 172 valence electrons. The van der Waals surface area contributed by atoms with Gasteiger partial charge in [0.05, 0.1) is 29.5 Å². The summed E-state index contributed by atoms with van der Waals surface area (Å²) in [6, 6.07) is 13.4. The predicted octanol–water partition coefficient (Wildman–Crippen LogP) is 4.26. The van der Waals surface area contributed by atoms with Crippen LogP contribution in [0.2, 0.25) is 0 Å². The lowest BCUT2D eigenvalue weighted by molar-refractivity contribution is -0.256. The van der Waals surface area contributed by atoms with E-state index in [9.17, 15) is 8.42 Å². The number of sulfonamides is 1. The van der Waals surface area contributed by atoms with E-state index in [0.717, 1.165) is 37.6 Å². The highest BCUT2D eigenvalue weighted by Gasteiger charge is 2.44. The van der Waals surface area contributed by atoms with Crippen molar-refractivity contribution in [1.82, 2.24) is 9.29 Å². The lowest BCUT2D eigenvalue weighted by Gasteiger charge is -2.37. The highest BCUT2D eigenvalue weighted by atomic mass is 32.2. The molecule has 1 spiro atoms. The molecule has 2 aromatic carbocycles. The molecule has 0 saturated carbocycles. The van der Waals surface area contributed by atoms with E-state index in [2.05, 4.69) is 34.4 Å². The number of rotatable bonds is 5. The van der Waals surface area contributed by atoms with Crippen molar-refractivity contribution in [2.45, 2.75) is 48.9 Å². The smallest absolute Gasteiger partial charge is 0.243 e. The van der Waals surface area contributed by atoms with Gasteiger partial charge in [-0.1, -0.05) is 18.2 Å². The fourth-order valence-electron chi connectivity index (χ4n) is 5.12. The molecule has 0 aliphatic carbocycles. The van der Waals surface area contributed by atoms with Crippen LogP contribution in [0.1, 0.15) is 36.8 Å². The van der Waals surface area contributed by atoms with Crippen molar-refractivity contribution in [1.29, 1.82) is 0 Å². The molecule has 4 heterocycles. The first-order valence-corrected chi connectivity index (χ1v) is 13.1. The van der Waals surface area contributed by atoms with Gasteiger partial charge in [-0.2, -0.15) is 4.31 Å². The molecule has 1 aromatic heterocycles. The zero-order valence-electron chi connectivity index (χ0n) is 18.4. The number of aryl methyl sites for hydroxylation is 1. The zero-order valence-corrected chi connectivity index (χ0v) is 19.2. The van der Waals surface area contributed by atoms with E-state index in [1.807, 2.05) is 6.07 Å². The Bertz CT molecular complexity index is 1330. The Kier molecular flexibility index (Phi) is 5.14. The Balaban J connectivity index is 1.23. The van der Waals surface area contributed by atoms with Gasteiger partial charge in [-0.15, -0.1) is 0 Å². The van der Waals surface area contributed by atoms with E-state index in [4.69, 9.17) is 9.47 Å². The molecule has 2 atom stereocenters. The van der Waals surface area contributed by atoms with E-state index in [0.29, 0.717) is 30.9 Å². The maximum absolute atomic E-state index is 13.1. The van der Waals surface area contributed by atoms with Crippen LogP contribution in [0.4, 0.5) is 5.69 Å². The van der Waals surface area contributed by atoms with Crippen LogP contribution in [0.15, 0.2) is 58.5 Å². The third-order valence-electron chi connectivity index (χ3n) is 6.93. The van der Waals surface area contributed by atoms with Gasteiger partial charge in [0.15, 0.2) is 0 Å². The van der Waals surface area contributed by atoms with E-state index >= 15 is 0 Å². The number of aliphatic imine (C=N–C) groups is 1. The molecule has 1 unspecified atom stereocenters. The molecule has 6 rings (SSSR count). The SMILES string of the molecule is O=S(=O)(c1ccc2c(c1)[C@@]1(C=N2)OCCC(CCc2c[nH]c3ccccc23)O1)N1CCCC1. The molecule has 0 bridgehead atoms. The maximum atomic E-state index is 13.1. The van der Waals surface area contributed by atoms with Gasteiger partial charge in [0.2, 0.25) is 15.8 Å². The van der Waals surface area contributed by atoms with E-state index in [1.165, 1.54) is 10.9 Å². The number of hydrogen-bond acceptors (Lipinski definition) is 5. The van der Waals surface area contributed by atoms with Crippen LogP contribution in [0, 0.1) is 0 Å². The second kappa shape index (κ2) is 8.06. The Morgan fingerprint density at radius 2 is 2.00 bits per heavy atom. The minimum atomic E-state index is -3.53. The summed E-state index contributed by atoms with van der Waals surface area (Å²) >= 11 is 0. The molecule has 33 heavy (non-hydrogen) atoms. The Morgan fingerprint density at radius 3 is 2.88 bits per heavy atom. The van der Waals surface area contributed by atoms with Crippen LogP contribution in [0.3, 0.4) is 0 Å². The number of benzene rings is 2. The van der Waals surface area contributed by atoms with Gasteiger partial charge in [0.25, 0.3) is 0 Å². The maximum Gasteiger partial charge on any atom is 0.243 e. The monoisotopic (exact) mass is 465 g/mol. The lowest BCUT2D eigenvalue weighted by Crippen LogP contribution is -2.42. The second-order valence-electron chi connectivity index (χ2n) is 8.99. The average Bonchev–Trinajstić information content (AvgIpc) is 3.58. The summed E-state index contributed by atoms with van der Waals surface area (Å²) in [6.07, 6.45) is 8.08. The molecule has 2 saturated heterocycles. The molecular formula is C25H27N3O4S. The Morgan fingerprint density at radius 1 is 1.15 bits per heavy atom. The molecule has 3 aromatic rings. The summed E-state index contributed by atoms with van der Waals surface area (Å²) in [6.45, 7) is 1.68. The highest BCUT2D eigenvalue weighted by molar-refractivity contribution is 7.89. The molecule has 3 aliphatic rings. The third-order valence-corrected chi connectivity index (χ3v) is 8.82. The van der Waals surface area contributed by atoms with Crippen LogP contribution in [-0.2, 0) is 31.7 Å². The summed E-state index contributed by atoms with van der Waals surface area (Å²) in [5.74, 6) is -1.12. The van der Waals surface area contributed by atoms with Crippen molar-refractivity contribution in [3.05, 3.63) is 59.8 Å². The number of ether oxygens (including phenoxy) is 2. The number of aromatic nitrogens is 1. The number of nitrogens with zero attached hydrogens (tertiary/aromatic N) is 2. The first-order chi connectivity index (χ1) is 16.1. The van der Waals surface area contributed by atoms with Gasteiger partial charge in [-0.3, -0.25) is 4.99 Å². The van der Waals surface area contributed by atoms with Crippen LogP contribution in [0.5, 0.6) is 0 Å². The number of nitrogens with one attached hydrogen (secondary N) is 1. The minimum Gasteiger partial charge on any atom is -0.361 e. The molecule has 8 heteroatoms. The lowest BCUT2D eigenvalue weighted by atomic mass is 10.0. The van der Waals surface area contributed by atoms with Gasteiger partial charge < -0.3 is 14.5 Å². The largest absolute Gasteiger partial charge is 0.361 e. The fourth-order valence-corrected chi connectivity index (χ4v) is 6.66. The van der Waals surface area contributed by atoms with Crippen molar-refractivity contribution >= 4 is 32.8 Å². The average molecular weight is 466 g/mol. The van der Waals surface area contributed by atoms with Gasteiger partial charge in [-0.05, 0) is 61.9 Å². The topological polar surface area (TPSA) is 84.0 Å². The molecule has 2 fully saturated rings. The quantitative estimate of drug-likeness (QED) is 0.610. The highest BCUT2D eigenvalue weighted by Crippen LogP contribution is 2.44. The first kappa shape index (κ1) is 21.0. The molecule has 7 nitrogen and oxygen atoms in total. The van der Waals surface area contributed by atoms with E-state index in [1.54, 1.807) is 28.7 Å². The molecule has 0 radical (unpaired) electrons. The number of para-hydroxylation sites is 1.